The molecule has 0 bridgehead atoms. The number of hydrogen-bond acceptors (Lipinski definition) is 2. The topological polar surface area (TPSA) is 29.4 Å². The molecule has 1 rings (SSSR count). The van der Waals surface area contributed by atoms with Gasteiger partial charge in [0.25, 0.3) is 0 Å². The Hall–Kier alpha value is -1.40. The summed E-state index contributed by atoms with van der Waals surface area (Å²) in [4.78, 5) is 13.6. The summed E-state index contributed by atoms with van der Waals surface area (Å²) in [7, 11) is 0. The van der Waals surface area contributed by atoms with Crippen molar-refractivity contribution in [1.82, 2.24) is 0 Å². The predicted octanol–water partition coefficient (Wildman–Crippen LogP) is 2.74. The Morgan fingerprint density at radius 3 is 2.79 bits per heavy atom. The normalized spacial score (nSPS) is 11.9. The van der Waals surface area contributed by atoms with Crippen LogP contribution in [0.15, 0.2) is 23.2 Å². The number of aliphatic imine (C=N–C) groups is 1. The molecule has 0 aliphatic carbocycles. The van der Waals surface area contributed by atoms with Crippen LogP contribution >= 0.6 is 0 Å². The third kappa shape index (κ3) is 2.54. The molecule has 0 aliphatic heterocycles. The van der Waals surface area contributed by atoms with Gasteiger partial charge in [-0.3, -0.25) is 0 Å². The van der Waals surface area contributed by atoms with E-state index in [9.17, 15) is 4.79 Å². The average Bonchev–Trinajstić information content (AvgIpc) is 2.18. The third-order valence-corrected chi connectivity index (χ3v) is 2.40. The molecule has 0 heterocycles. The van der Waals surface area contributed by atoms with Crippen molar-refractivity contribution < 1.29 is 4.79 Å². The molecule has 0 spiro atoms. The van der Waals surface area contributed by atoms with Crippen LogP contribution in [0.3, 0.4) is 0 Å². The fourth-order valence-electron chi connectivity index (χ4n) is 1.56. The summed E-state index contributed by atoms with van der Waals surface area (Å²) in [6.07, 6.45) is 1.58. The van der Waals surface area contributed by atoms with E-state index in [0.29, 0.717) is 6.54 Å². The first-order valence-corrected chi connectivity index (χ1v) is 4.76. The fraction of sp³-hybridized carbons (Fsp3) is 0.417. The van der Waals surface area contributed by atoms with Crippen LogP contribution < -0.4 is 0 Å². The van der Waals surface area contributed by atoms with E-state index >= 15 is 0 Å². The minimum absolute atomic E-state index is 0.288. The molecule has 0 saturated carbocycles. The molecule has 0 aromatic heterocycles. The lowest BCUT2D eigenvalue weighted by molar-refractivity contribution is 0.561. The fourth-order valence-corrected chi connectivity index (χ4v) is 1.56. The van der Waals surface area contributed by atoms with Crippen molar-refractivity contribution in [1.29, 1.82) is 0 Å². The molecule has 14 heavy (non-hydrogen) atoms. The minimum Gasteiger partial charge on any atom is -0.211 e. The molecule has 74 valence electrons. The molecule has 1 atom stereocenters. The van der Waals surface area contributed by atoms with Crippen molar-refractivity contribution >= 4 is 6.08 Å². The van der Waals surface area contributed by atoms with Crippen molar-refractivity contribution in [2.24, 2.45) is 4.99 Å². The smallest absolute Gasteiger partial charge is 0.211 e. The summed E-state index contributed by atoms with van der Waals surface area (Å²) in [6.45, 7) is 6.74. The van der Waals surface area contributed by atoms with Crippen LogP contribution in [0.25, 0.3) is 0 Å². The molecule has 2 heteroatoms. The van der Waals surface area contributed by atoms with Crippen LogP contribution in [0.5, 0.6) is 0 Å². The van der Waals surface area contributed by atoms with Crippen molar-refractivity contribution in [3.05, 3.63) is 34.9 Å². The van der Waals surface area contributed by atoms with Crippen molar-refractivity contribution in [3.8, 4) is 0 Å². The Labute approximate surface area is 84.7 Å². The summed E-state index contributed by atoms with van der Waals surface area (Å²) < 4.78 is 0. The summed E-state index contributed by atoms with van der Waals surface area (Å²) in [5.74, 6) is 0.288. The van der Waals surface area contributed by atoms with E-state index in [4.69, 9.17) is 0 Å². The average molecular weight is 189 g/mol. The van der Waals surface area contributed by atoms with Gasteiger partial charge in [-0.15, -0.1) is 0 Å². The number of isocyanates is 1. The third-order valence-electron chi connectivity index (χ3n) is 2.40. The standard InChI is InChI=1S/C12H15NO/c1-9-4-5-10(2)12(6-9)11(3)7-13-8-14/h4-6,11H,7H2,1-3H3. The number of benzene rings is 1. The van der Waals surface area contributed by atoms with E-state index in [2.05, 4.69) is 44.0 Å². The van der Waals surface area contributed by atoms with Crippen LogP contribution in [0.1, 0.15) is 29.5 Å². The van der Waals surface area contributed by atoms with Crippen molar-refractivity contribution in [2.45, 2.75) is 26.7 Å². The number of hydrogen-bond donors (Lipinski definition) is 0. The van der Waals surface area contributed by atoms with Gasteiger partial charge in [0.05, 0.1) is 6.54 Å². The van der Waals surface area contributed by atoms with Gasteiger partial charge >= 0.3 is 0 Å². The molecule has 1 aromatic carbocycles. The van der Waals surface area contributed by atoms with Gasteiger partial charge in [0.15, 0.2) is 0 Å². The summed E-state index contributed by atoms with van der Waals surface area (Å²) in [5.41, 5.74) is 3.76. The second kappa shape index (κ2) is 4.73. The molecule has 0 amide bonds. The molecule has 1 aromatic rings. The lowest BCUT2D eigenvalue weighted by Crippen LogP contribution is -2.00. The van der Waals surface area contributed by atoms with E-state index in [1.807, 2.05) is 0 Å². The number of aryl methyl sites for hydroxylation is 2. The SMILES string of the molecule is Cc1ccc(C)c(C(C)CN=C=O)c1. The summed E-state index contributed by atoms with van der Waals surface area (Å²) >= 11 is 0. The van der Waals surface area contributed by atoms with Gasteiger partial charge < -0.3 is 0 Å². The molecule has 0 aliphatic rings. The Bertz CT molecular complexity index is 365. The van der Waals surface area contributed by atoms with Crippen molar-refractivity contribution in [2.75, 3.05) is 6.54 Å². The molecule has 1 unspecified atom stereocenters. The monoisotopic (exact) mass is 189 g/mol. The Balaban J connectivity index is 2.93. The van der Waals surface area contributed by atoms with Gasteiger partial charge in [-0.1, -0.05) is 30.7 Å². The van der Waals surface area contributed by atoms with Gasteiger partial charge in [0.1, 0.15) is 0 Å². The Kier molecular flexibility index (Phi) is 3.61. The van der Waals surface area contributed by atoms with Crippen LogP contribution in [-0.2, 0) is 4.79 Å². The van der Waals surface area contributed by atoms with Crippen molar-refractivity contribution in [3.63, 3.8) is 0 Å². The first-order chi connectivity index (χ1) is 6.65. The molecule has 0 fully saturated rings. The Morgan fingerprint density at radius 1 is 1.43 bits per heavy atom. The largest absolute Gasteiger partial charge is 0.234 e. The second-order valence-electron chi connectivity index (χ2n) is 3.69. The zero-order valence-electron chi connectivity index (χ0n) is 8.87. The Morgan fingerprint density at radius 2 is 2.14 bits per heavy atom. The molecule has 0 N–H and O–H groups in total. The lowest BCUT2D eigenvalue weighted by Gasteiger charge is -2.12. The number of nitrogens with zero attached hydrogens (tertiary/aromatic N) is 1. The zero-order valence-corrected chi connectivity index (χ0v) is 8.87. The maximum Gasteiger partial charge on any atom is 0.234 e. The van der Waals surface area contributed by atoms with Gasteiger partial charge in [-0.2, -0.15) is 0 Å². The second-order valence-corrected chi connectivity index (χ2v) is 3.69. The number of rotatable bonds is 3. The van der Waals surface area contributed by atoms with E-state index in [1.165, 1.54) is 16.7 Å². The summed E-state index contributed by atoms with van der Waals surface area (Å²) in [5, 5.41) is 0. The first kappa shape index (κ1) is 10.7. The summed E-state index contributed by atoms with van der Waals surface area (Å²) in [6, 6.07) is 6.35. The molecule has 2 nitrogen and oxygen atoms in total. The quantitative estimate of drug-likeness (QED) is 0.531. The van der Waals surface area contributed by atoms with Gasteiger partial charge in [-0.05, 0) is 25.0 Å². The van der Waals surface area contributed by atoms with E-state index in [0.717, 1.165) is 0 Å². The van der Waals surface area contributed by atoms with E-state index in [-0.39, 0.29) is 5.92 Å². The highest BCUT2D eigenvalue weighted by Crippen LogP contribution is 2.20. The van der Waals surface area contributed by atoms with Crippen LogP contribution in [0, 0.1) is 13.8 Å². The maximum atomic E-state index is 10.0. The van der Waals surface area contributed by atoms with Crippen LogP contribution in [-0.4, -0.2) is 12.6 Å². The highest BCUT2D eigenvalue weighted by atomic mass is 16.1. The van der Waals surface area contributed by atoms with Crippen LogP contribution in [0.2, 0.25) is 0 Å². The zero-order chi connectivity index (χ0) is 10.6. The molecule has 0 radical (unpaired) electrons. The first-order valence-electron chi connectivity index (χ1n) is 4.76. The highest BCUT2D eigenvalue weighted by molar-refractivity contribution is 5.35. The van der Waals surface area contributed by atoms with E-state index in [1.54, 1.807) is 6.08 Å². The predicted molar refractivity (Wildman–Crippen MR) is 57.3 cm³/mol. The molecular formula is C12H15NO. The molecular weight excluding hydrogens is 174 g/mol. The van der Waals surface area contributed by atoms with E-state index < -0.39 is 0 Å². The number of carbonyl (C=O) groups excluding carboxylic acids is 1. The molecule has 0 saturated heterocycles. The highest BCUT2D eigenvalue weighted by Gasteiger charge is 2.07. The minimum atomic E-state index is 0.288. The van der Waals surface area contributed by atoms with Gasteiger partial charge in [-0.25, -0.2) is 9.79 Å². The van der Waals surface area contributed by atoms with Crippen LogP contribution in [0.4, 0.5) is 0 Å². The van der Waals surface area contributed by atoms with Gasteiger partial charge in [0, 0.05) is 5.92 Å². The van der Waals surface area contributed by atoms with Gasteiger partial charge in [0.2, 0.25) is 6.08 Å². The lowest BCUT2D eigenvalue weighted by atomic mass is 9.95. The maximum absolute atomic E-state index is 10.0.